The predicted octanol–water partition coefficient (Wildman–Crippen LogP) is 3.95. The summed E-state index contributed by atoms with van der Waals surface area (Å²) in [4.78, 5) is 0. The fourth-order valence-electron chi connectivity index (χ4n) is 3.41. The summed E-state index contributed by atoms with van der Waals surface area (Å²) in [6.45, 7) is 2.35. The topological polar surface area (TPSA) is 39.1 Å². The van der Waals surface area contributed by atoms with E-state index in [1.165, 1.54) is 29.9 Å². The summed E-state index contributed by atoms with van der Waals surface area (Å²) in [7, 11) is 0. The molecule has 1 fully saturated rings. The first kappa shape index (κ1) is 17.4. The fourth-order valence-corrected chi connectivity index (χ4v) is 4.52. The number of ether oxygens (including phenoxy) is 1. The largest absolute Gasteiger partial charge is 0.491 e. The Labute approximate surface area is 158 Å². The second-order valence-electron chi connectivity index (χ2n) is 6.67. The van der Waals surface area contributed by atoms with E-state index in [-0.39, 0.29) is 0 Å². The number of thioether (sulfide) groups is 1. The number of hydrogen-bond donors (Lipinski definition) is 1. The van der Waals surface area contributed by atoms with Crippen molar-refractivity contribution in [3.05, 3.63) is 60.3 Å². The number of benzene rings is 2. The second-order valence-corrected chi connectivity index (χ2v) is 7.89. The maximum atomic E-state index is 6.05. The minimum Gasteiger partial charge on any atom is -0.491 e. The van der Waals surface area contributed by atoms with Gasteiger partial charge in [-0.1, -0.05) is 36.4 Å². The van der Waals surface area contributed by atoms with Crippen LogP contribution in [0.15, 0.2) is 54.7 Å². The van der Waals surface area contributed by atoms with Gasteiger partial charge < -0.3 is 10.1 Å². The van der Waals surface area contributed by atoms with E-state index in [1.54, 1.807) is 0 Å². The molecule has 0 bridgehead atoms. The first-order valence-electron chi connectivity index (χ1n) is 9.32. The van der Waals surface area contributed by atoms with Crippen molar-refractivity contribution in [3.8, 4) is 5.75 Å². The first-order chi connectivity index (χ1) is 12.9. The quantitative estimate of drug-likeness (QED) is 0.642. The van der Waals surface area contributed by atoms with Gasteiger partial charge in [0.15, 0.2) is 0 Å². The molecule has 3 aromatic rings. The number of rotatable bonds is 7. The third kappa shape index (κ3) is 4.22. The Morgan fingerprint density at radius 3 is 2.77 bits per heavy atom. The van der Waals surface area contributed by atoms with Crippen molar-refractivity contribution < 1.29 is 4.74 Å². The average molecular weight is 368 g/mol. The van der Waals surface area contributed by atoms with Gasteiger partial charge in [-0.15, -0.1) is 0 Å². The fraction of sp³-hybridized carbons (Fsp3) is 0.381. The van der Waals surface area contributed by atoms with Gasteiger partial charge in [0, 0.05) is 12.6 Å². The Bertz CT molecular complexity index is 828. The lowest BCUT2D eigenvalue weighted by Crippen LogP contribution is -2.35. The van der Waals surface area contributed by atoms with Gasteiger partial charge in [0.05, 0.1) is 23.6 Å². The SMILES string of the molecule is c1ccc(Cn2ncc3c(OCCNC4CCSCC4)cccc32)cc1. The first-order valence-corrected chi connectivity index (χ1v) is 10.5. The molecule has 0 amide bonds. The molecule has 4 rings (SSSR count). The third-order valence-electron chi connectivity index (χ3n) is 4.84. The standard InChI is InChI=1S/C21H25N3OS/c1-2-5-17(6-3-1)16-24-20-7-4-8-21(19(20)15-23-24)25-12-11-22-18-9-13-26-14-10-18/h1-8,15,18,22H,9-14,16H2. The van der Waals surface area contributed by atoms with Gasteiger partial charge in [-0.3, -0.25) is 4.68 Å². The minimum absolute atomic E-state index is 0.657. The Kier molecular flexibility index (Phi) is 5.77. The molecule has 1 saturated heterocycles. The van der Waals surface area contributed by atoms with Crippen molar-refractivity contribution in [3.63, 3.8) is 0 Å². The summed E-state index contributed by atoms with van der Waals surface area (Å²) in [5.74, 6) is 3.47. The molecule has 2 heterocycles. The molecule has 1 N–H and O–H groups in total. The Hall–Kier alpha value is -1.98. The van der Waals surface area contributed by atoms with Crippen molar-refractivity contribution in [2.45, 2.75) is 25.4 Å². The summed E-state index contributed by atoms with van der Waals surface area (Å²) in [5.41, 5.74) is 2.36. The number of aromatic nitrogens is 2. The molecule has 5 heteroatoms. The minimum atomic E-state index is 0.657. The predicted molar refractivity (Wildman–Crippen MR) is 109 cm³/mol. The molecule has 0 atom stereocenters. The van der Waals surface area contributed by atoms with Gasteiger partial charge >= 0.3 is 0 Å². The molecule has 1 aromatic heterocycles. The molecule has 1 aliphatic heterocycles. The number of fused-ring (bicyclic) bond motifs is 1. The van der Waals surface area contributed by atoms with E-state index >= 15 is 0 Å². The molecule has 0 unspecified atom stereocenters. The highest BCUT2D eigenvalue weighted by Gasteiger charge is 2.13. The molecule has 0 radical (unpaired) electrons. The van der Waals surface area contributed by atoms with Crippen LogP contribution in [-0.2, 0) is 6.54 Å². The Morgan fingerprint density at radius 2 is 1.92 bits per heavy atom. The zero-order chi connectivity index (χ0) is 17.6. The van der Waals surface area contributed by atoms with Crippen molar-refractivity contribution in [2.75, 3.05) is 24.7 Å². The summed E-state index contributed by atoms with van der Waals surface area (Å²) in [5, 5.41) is 9.27. The molecule has 4 nitrogen and oxygen atoms in total. The molecule has 2 aromatic carbocycles. The van der Waals surface area contributed by atoms with E-state index in [4.69, 9.17) is 4.74 Å². The number of hydrogen-bond acceptors (Lipinski definition) is 4. The number of nitrogens with zero attached hydrogens (tertiary/aromatic N) is 2. The lowest BCUT2D eigenvalue weighted by atomic mass is 10.1. The molecule has 0 spiro atoms. The molecule has 0 aliphatic carbocycles. The molecular formula is C21H25N3OS. The molecule has 136 valence electrons. The van der Waals surface area contributed by atoms with Crippen LogP contribution < -0.4 is 10.1 Å². The maximum absolute atomic E-state index is 6.05. The van der Waals surface area contributed by atoms with E-state index in [1.807, 2.05) is 29.1 Å². The highest BCUT2D eigenvalue weighted by molar-refractivity contribution is 7.99. The van der Waals surface area contributed by atoms with Crippen molar-refractivity contribution in [1.29, 1.82) is 0 Å². The Morgan fingerprint density at radius 1 is 1.08 bits per heavy atom. The second kappa shape index (κ2) is 8.60. The van der Waals surface area contributed by atoms with Gasteiger partial charge in [-0.25, -0.2) is 0 Å². The summed E-state index contributed by atoms with van der Waals surface area (Å²) < 4.78 is 8.09. The third-order valence-corrected chi connectivity index (χ3v) is 5.89. The van der Waals surface area contributed by atoms with Crippen LogP contribution in [0.1, 0.15) is 18.4 Å². The van der Waals surface area contributed by atoms with Gasteiger partial charge in [-0.05, 0) is 42.0 Å². The van der Waals surface area contributed by atoms with Crippen molar-refractivity contribution >= 4 is 22.7 Å². The zero-order valence-corrected chi connectivity index (χ0v) is 15.8. The van der Waals surface area contributed by atoms with Crippen LogP contribution in [0.25, 0.3) is 10.9 Å². The van der Waals surface area contributed by atoms with Crippen LogP contribution in [0.5, 0.6) is 5.75 Å². The van der Waals surface area contributed by atoms with Crippen LogP contribution in [0.4, 0.5) is 0 Å². The summed E-state index contributed by atoms with van der Waals surface area (Å²) >= 11 is 2.06. The highest BCUT2D eigenvalue weighted by Crippen LogP contribution is 2.25. The molecule has 26 heavy (non-hydrogen) atoms. The van der Waals surface area contributed by atoms with Gasteiger partial charge in [0.25, 0.3) is 0 Å². The molecule has 0 saturated carbocycles. The molecule has 1 aliphatic rings. The van der Waals surface area contributed by atoms with Crippen LogP contribution in [-0.4, -0.2) is 40.5 Å². The van der Waals surface area contributed by atoms with E-state index in [0.717, 1.165) is 29.7 Å². The normalized spacial score (nSPS) is 15.4. The smallest absolute Gasteiger partial charge is 0.130 e. The van der Waals surface area contributed by atoms with Crippen molar-refractivity contribution in [2.24, 2.45) is 0 Å². The van der Waals surface area contributed by atoms with E-state index in [0.29, 0.717) is 12.6 Å². The van der Waals surface area contributed by atoms with Crippen LogP contribution in [0, 0.1) is 0 Å². The van der Waals surface area contributed by atoms with E-state index < -0.39 is 0 Å². The van der Waals surface area contributed by atoms with Gasteiger partial charge in [0.1, 0.15) is 12.4 Å². The zero-order valence-electron chi connectivity index (χ0n) is 14.9. The lowest BCUT2D eigenvalue weighted by Gasteiger charge is -2.22. The monoisotopic (exact) mass is 367 g/mol. The van der Waals surface area contributed by atoms with Gasteiger partial charge in [0.2, 0.25) is 0 Å². The van der Waals surface area contributed by atoms with E-state index in [2.05, 4.69) is 52.5 Å². The highest BCUT2D eigenvalue weighted by atomic mass is 32.2. The number of nitrogens with one attached hydrogen (secondary N) is 1. The Balaban J connectivity index is 1.38. The van der Waals surface area contributed by atoms with Crippen LogP contribution in [0.3, 0.4) is 0 Å². The van der Waals surface area contributed by atoms with Crippen LogP contribution in [0.2, 0.25) is 0 Å². The summed E-state index contributed by atoms with van der Waals surface area (Å²) in [6, 6.07) is 17.3. The van der Waals surface area contributed by atoms with Gasteiger partial charge in [-0.2, -0.15) is 16.9 Å². The maximum Gasteiger partial charge on any atom is 0.130 e. The lowest BCUT2D eigenvalue weighted by molar-refractivity contribution is 0.305. The van der Waals surface area contributed by atoms with Crippen LogP contribution >= 0.6 is 11.8 Å². The van der Waals surface area contributed by atoms with Crippen molar-refractivity contribution in [1.82, 2.24) is 15.1 Å². The van der Waals surface area contributed by atoms with E-state index in [9.17, 15) is 0 Å². The average Bonchev–Trinajstić information content (AvgIpc) is 3.10. The molecular weight excluding hydrogens is 342 g/mol. The summed E-state index contributed by atoms with van der Waals surface area (Å²) in [6.07, 6.45) is 4.46.